The molecule has 0 fully saturated rings. The van der Waals surface area contributed by atoms with Crippen LogP contribution in [0.5, 0.6) is 0 Å². The van der Waals surface area contributed by atoms with Crippen LogP contribution in [0.3, 0.4) is 0 Å². The zero-order valence-electron chi connectivity index (χ0n) is 15.3. The number of Topliss-reactive ketones (excluding diaryl/α,β-unsaturated/α-hetero) is 1. The third-order valence-electron chi connectivity index (χ3n) is 4.56. The van der Waals surface area contributed by atoms with Gasteiger partial charge in [-0.25, -0.2) is 0 Å². The minimum Gasteiger partial charge on any atom is -0.328 e. The van der Waals surface area contributed by atoms with Crippen LogP contribution in [0.25, 0.3) is 0 Å². The highest BCUT2D eigenvalue weighted by Crippen LogP contribution is 2.40. The van der Waals surface area contributed by atoms with Crippen molar-refractivity contribution in [1.29, 1.82) is 5.26 Å². The average molecular weight is 346 g/mol. The zero-order valence-corrected chi connectivity index (χ0v) is 15.3. The fraction of sp³-hybridized carbons (Fsp3) is 0.238. The van der Waals surface area contributed by atoms with E-state index in [4.69, 9.17) is 0 Å². The summed E-state index contributed by atoms with van der Waals surface area (Å²) in [6, 6.07) is 20.0. The SMILES string of the molecule is CN(CC(=O)C(C#N)=C1N(C)c2ccccc2N1C)Cc1ccccc1. The zero-order chi connectivity index (χ0) is 18.7. The maximum absolute atomic E-state index is 12.8. The largest absolute Gasteiger partial charge is 0.328 e. The Balaban J connectivity index is 1.81. The molecular formula is C21H22N4O. The summed E-state index contributed by atoms with van der Waals surface area (Å²) in [4.78, 5) is 18.6. The van der Waals surface area contributed by atoms with Gasteiger partial charge in [-0.2, -0.15) is 5.26 Å². The fourth-order valence-electron chi connectivity index (χ4n) is 3.33. The van der Waals surface area contributed by atoms with Gasteiger partial charge in [0.1, 0.15) is 17.5 Å². The smallest absolute Gasteiger partial charge is 0.191 e. The molecule has 1 aliphatic rings. The van der Waals surface area contributed by atoms with Crippen LogP contribution in [0.2, 0.25) is 0 Å². The molecule has 1 aliphatic heterocycles. The molecule has 0 bridgehead atoms. The number of carbonyl (C=O) groups is 1. The van der Waals surface area contributed by atoms with Crippen molar-refractivity contribution in [3.63, 3.8) is 0 Å². The minimum atomic E-state index is -0.174. The molecular weight excluding hydrogens is 324 g/mol. The molecule has 0 unspecified atom stereocenters. The van der Waals surface area contributed by atoms with Gasteiger partial charge in [0.2, 0.25) is 0 Å². The molecule has 5 nitrogen and oxygen atoms in total. The number of ketones is 1. The number of carbonyl (C=O) groups excluding carboxylic acids is 1. The maximum atomic E-state index is 12.8. The van der Waals surface area contributed by atoms with E-state index in [1.165, 1.54) is 0 Å². The number of para-hydroxylation sites is 2. The van der Waals surface area contributed by atoms with Crippen molar-refractivity contribution in [2.75, 3.05) is 37.5 Å². The molecule has 5 heteroatoms. The first-order valence-corrected chi connectivity index (χ1v) is 8.49. The van der Waals surface area contributed by atoms with Crippen molar-refractivity contribution in [1.82, 2.24) is 4.90 Å². The first-order valence-electron chi connectivity index (χ1n) is 8.49. The third kappa shape index (κ3) is 3.32. The molecule has 2 aromatic carbocycles. The lowest BCUT2D eigenvalue weighted by Crippen LogP contribution is -2.31. The summed E-state index contributed by atoms with van der Waals surface area (Å²) in [5.74, 6) is 0.458. The Morgan fingerprint density at radius 3 is 2.08 bits per heavy atom. The highest BCUT2D eigenvalue weighted by molar-refractivity contribution is 6.03. The average Bonchev–Trinajstić information content (AvgIpc) is 2.89. The van der Waals surface area contributed by atoms with Crippen molar-refractivity contribution < 1.29 is 4.79 Å². The normalized spacial score (nSPS) is 13.0. The summed E-state index contributed by atoms with van der Waals surface area (Å²) >= 11 is 0. The van der Waals surface area contributed by atoms with E-state index in [9.17, 15) is 10.1 Å². The third-order valence-corrected chi connectivity index (χ3v) is 4.56. The van der Waals surface area contributed by atoms with E-state index in [2.05, 4.69) is 6.07 Å². The van der Waals surface area contributed by atoms with Gasteiger partial charge in [0.15, 0.2) is 5.78 Å². The molecule has 0 atom stereocenters. The monoisotopic (exact) mass is 346 g/mol. The number of benzene rings is 2. The van der Waals surface area contributed by atoms with Gasteiger partial charge in [-0.15, -0.1) is 0 Å². The summed E-state index contributed by atoms with van der Waals surface area (Å²) in [6.07, 6.45) is 0. The molecule has 0 radical (unpaired) electrons. The van der Waals surface area contributed by atoms with E-state index in [0.717, 1.165) is 16.9 Å². The van der Waals surface area contributed by atoms with Crippen molar-refractivity contribution >= 4 is 17.2 Å². The second-order valence-electron chi connectivity index (χ2n) is 6.50. The molecule has 3 rings (SSSR count). The van der Waals surface area contributed by atoms with Gasteiger partial charge in [-0.1, -0.05) is 42.5 Å². The molecule has 0 aliphatic carbocycles. The summed E-state index contributed by atoms with van der Waals surface area (Å²) in [6.45, 7) is 0.853. The van der Waals surface area contributed by atoms with E-state index in [0.29, 0.717) is 12.4 Å². The van der Waals surface area contributed by atoms with Gasteiger partial charge in [0.25, 0.3) is 0 Å². The summed E-state index contributed by atoms with van der Waals surface area (Å²) in [7, 11) is 5.66. The summed E-state index contributed by atoms with van der Waals surface area (Å²) in [5, 5.41) is 9.67. The lowest BCUT2D eigenvalue weighted by molar-refractivity contribution is -0.116. The van der Waals surface area contributed by atoms with Crippen LogP contribution in [0.1, 0.15) is 5.56 Å². The van der Waals surface area contributed by atoms with Gasteiger partial charge in [0, 0.05) is 20.6 Å². The van der Waals surface area contributed by atoms with Gasteiger partial charge >= 0.3 is 0 Å². The van der Waals surface area contributed by atoms with Crippen molar-refractivity contribution in [2.45, 2.75) is 6.54 Å². The predicted octanol–water partition coefficient (Wildman–Crippen LogP) is 3.01. The van der Waals surface area contributed by atoms with Crippen LogP contribution in [0.15, 0.2) is 66.0 Å². The van der Waals surface area contributed by atoms with Gasteiger partial charge in [-0.05, 0) is 24.7 Å². The van der Waals surface area contributed by atoms with E-state index in [1.807, 2.05) is 90.4 Å². The highest BCUT2D eigenvalue weighted by Gasteiger charge is 2.31. The summed E-state index contributed by atoms with van der Waals surface area (Å²) < 4.78 is 0. The number of nitrogens with zero attached hydrogens (tertiary/aromatic N) is 4. The first-order chi connectivity index (χ1) is 12.5. The van der Waals surface area contributed by atoms with Gasteiger partial charge < -0.3 is 9.80 Å². The Kier molecular flexibility index (Phi) is 5.06. The predicted molar refractivity (Wildman–Crippen MR) is 104 cm³/mol. The van der Waals surface area contributed by atoms with Gasteiger partial charge in [-0.3, -0.25) is 9.69 Å². The Hall–Kier alpha value is -3.10. The Bertz CT molecular complexity index is 851. The second-order valence-corrected chi connectivity index (χ2v) is 6.50. The lowest BCUT2D eigenvalue weighted by atomic mass is 10.1. The Labute approximate surface area is 154 Å². The fourth-order valence-corrected chi connectivity index (χ4v) is 3.33. The second kappa shape index (κ2) is 7.42. The topological polar surface area (TPSA) is 50.6 Å². The van der Waals surface area contributed by atoms with Crippen molar-refractivity contribution in [3.05, 3.63) is 71.6 Å². The van der Waals surface area contributed by atoms with E-state index >= 15 is 0 Å². The molecule has 0 saturated carbocycles. The van der Waals surface area contributed by atoms with E-state index < -0.39 is 0 Å². The quantitative estimate of drug-likeness (QED) is 0.615. The molecule has 0 amide bonds. The van der Waals surface area contributed by atoms with Crippen molar-refractivity contribution in [3.8, 4) is 6.07 Å². The molecule has 0 aromatic heterocycles. The van der Waals surface area contributed by atoms with Crippen molar-refractivity contribution in [2.24, 2.45) is 0 Å². The molecule has 2 aromatic rings. The first kappa shape index (κ1) is 17.7. The van der Waals surface area contributed by atoms with Crippen LogP contribution in [0.4, 0.5) is 11.4 Å². The minimum absolute atomic E-state index is 0.174. The van der Waals surface area contributed by atoms with Crippen LogP contribution in [-0.2, 0) is 11.3 Å². The van der Waals surface area contributed by atoms with E-state index in [1.54, 1.807) is 0 Å². The number of nitriles is 1. The Morgan fingerprint density at radius 2 is 1.54 bits per heavy atom. The molecule has 0 N–H and O–H groups in total. The number of hydrogen-bond donors (Lipinski definition) is 0. The number of hydrogen-bond acceptors (Lipinski definition) is 5. The molecule has 1 heterocycles. The van der Waals surface area contributed by atoms with Gasteiger partial charge in [0.05, 0.1) is 17.9 Å². The maximum Gasteiger partial charge on any atom is 0.191 e. The molecule has 0 saturated heterocycles. The molecule has 26 heavy (non-hydrogen) atoms. The number of fused-ring (bicyclic) bond motifs is 1. The molecule has 132 valence electrons. The number of anilines is 2. The van der Waals surface area contributed by atoms with Crippen LogP contribution in [0, 0.1) is 11.3 Å². The molecule has 0 spiro atoms. The number of rotatable bonds is 5. The van der Waals surface area contributed by atoms with Crippen LogP contribution < -0.4 is 9.80 Å². The van der Waals surface area contributed by atoms with E-state index in [-0.39, 0.29) is 17.9 Å². The summed E-state index contributed by atoms with van der Waals surface area (Å²) in [5.41, 5.74) is 3.30. The standard InChI is InChI=1S/C21H22N4O/c1-23(14-16-9-5-4-6-10-16)15-20(26)17(13-22)21-24(2)18-11-7-8-12-19(18)25(21)3/h4-12H,14-15H2,1-3H3. The number of likely N-dealkylation sites (N-methyl/N-ethyl adjacent to an activating group) is 1. The lowest BCUT2D eigenvalue weighted by Gasteiger charge is -2.21. The van der Waals surface area contributed by atoms with Crippen LogP contribution >= 0.6 is 0 Å². The Morgan fingerprint density at radius 1 is 1.00 bits per heavy atom. The highest BCUT2D eigenvalue weighted by atomic mass is 16.1. The van der Waals surface area contributed by atoms with Crippen LogP contribution in [-0.4, -0.2) is 38.4 Å².